The highest BCUT2D eigenvalue weighted by Crippen LogP contribution is 2.16. The highest BCUT2D eigenvalue weighted by atomic mass is 16.5. The predicted octanol–water partition coefficient (Wildman–Crippen LogP) is 1.57. The van der Waals surface area contributed by atoms with E-state index in [4.69, 9.17) is 10.3 Å². The van der Waals surface area contributed by atoms with E-state index in [-0.39, 0.29) is 5.41 Å². The molecule has 0 amide bonds. The van der Waals surface area contributed by atoms with E-state index in [2.05, 4.69) is 35.8 Å². The van der Waals surface area contributed by atoms with Crippen molar-refractivity contribution < 1.29 is 4.52 Å². The molecule has 0 aliphatic heterocycles. The molecule has 0 fully saturated rings. The summed E-state index contributed by atoms with van der Waals surface area (Å²) >= 11 is 0. The second-order valence-corrected chi connectivity index (χ2v) is 5.31. The Balaban J connectivity index is 2.60. The van der Waals surface area contributed by atoms with Crippen molar-refractivity contribution in [2.24, 2.45) is 11.1 Å². The van der Waals surface area contributed by atoms with Crippen molar-refractivity contribution in [1.29, 1.82) is 0 Å². The minimum atomic E-state index is 0.119. The zero-order chi connectivity index (χ0) is 12.9. The van der Waals surface area contributed by atoms with E-state index in [1.165, 1.54) is 0 Å². The van der Waals surface area contributed by atoms with E-state index in [0.717, 1.165) is 31.9 Å². The maximum atomic E-state index is 5.77. The number of rotatable bonds is 7. The van der Waals surface area contributed by atoms with E-state index < -0.39 is 0 Å². The Bertz CT molecular complexity index is 335. The second kappa shape index (κ2) is 6.12. The minimum Gasteiger partial charge on any atom is -0.340 e. The highest BCUT2D eigenvalue weighted by Gasteiger charge is 2.21. The number of nitrogens with two attached hydrogens (primary N) is 1. The molecule has 5 nitrogen and oxygen atoms in total. The van der Waals surface area contributed by atoms with E-state index in [0.29, 0.717) is 12.4 Å². The van der Waals surface area contributed by atoms with Crippen molar-refractivity contribution in [3.05, 3.63) is 11.7 Å². The van der Waals surface area contributed by atoms with Gasteiger partial charge in [-0.1, -0.05) is 25.9 Å². The molecule has 2 N–H and O–H groups in total. The van der Waals surface area contributed by atoms with Crippen LogP contribution in [0, 0.1) is 12.3 Å². The number of aromatic nitrogens is 2. The van der Waals surface area contributed by atoms with Crippen LogP contribution in [-0.2, 0) is 6.54 Å². The number of nitrogens with zero attached hydrogens (tertiary/aromatic N) is 3. The molecule has 0 atom stereocenters. The van der Waals surface area contributed by atoms with Crippen LogP contribution < -0.4 is 5.73 Å². The van der Waals surface area contributed by atoms with E-state index >= 15 is 0 Å². The van der Waals surface area contributed by atoms with Crippen LogP contribution in [0.2, 0.25) is 0 Å². The summed E-state index contributed by atoms with van der Waals surface area (Å²) in [5.74, 6) is 1.37. The van der Waals surface area contributed by atoms with Gasteiger partial charge >= 0.3 is 0 Å². The van der Waals surface area contributed by atoms with Crippen molar-refractivity contribution in [3.63, 3.8) is 0 Å². The summed E-state index contributed by atoms with van der Waals surface area (Å²) in [6.45, 7) is 11.7. The van der Waals surface area contributed by atoms with Crippen molar-refractivity contribution in [2.75, 3.05) is 19.6 Å². The quantitative estimate of drug-likeness (QED) is 0.783. The summed E-state index contributed by atoms with van der Waals surface area (Å²) < 4.78 is 4.99. The third-order valence-electron chi connectivity index (χ3n) is 2.68. The fraction of sp³-hybridized carbons (Fsp3) is 0.833. The smallest absolute Gasteiger partial charge is 0.223 e. The predicted molar refractivity (Wildman–Crippen MR) is 67.4 cm³/mol. The summed E-state index contributed by atoms with van der Waals surface area (Å²) in [6.07, 6.45) is 1.11. The Kier molecular flexibility index (Phi) is 5.08. The van der Waals surface area contributed by atoms with Crippen LogP contribution in [0.15, 0.2) is 4.52 Å². The van der Waals surface area contributed by atoms with Gasteiger partial charge in [-0.15, -0.1) is 0 Å². The first-order chi connectivity index (χ1) is 7.96. The van der Waals surface area contributed by atoms with Crippen LogP contribution in [-0.4, -0.2) is 34.7 Å². The zero-order valence-corrected chi connectivity index (χ0v) is 11.4. The Morgan fingerprint density at radius 1 is 1.41 bits per heavy atom. The maximum absolute atomic E-state index is 5.77. The second-order valence-electron chi connectivity index (χ2n) is 5.31. The van der Waals surface area contributed by atoms with Crippen LogP contribution in [0.3, 0.4) is 0 Å². The third kappa shape index (κ3) is 4.83. The van der Waals surface area contributed by atoms with Gasteiger partial charge in [0, 0.05) is 13.5 Å². The molecule has 0 aliphatic rings. The minimum absolute atomic E-state index is 0.119. The van der Waals surface area contributed by atoms with E-state index in [1.54, 1.807) is 0 Å². The molecule has 0 bridgehead atoms. The van der Waals surface area contributed by atoms with Crippen LogP contribution in [0.1, 0.15) is 38.9 Å². The van der Waals surface area contributed by atoms with Crippen molar-refractivity contribution >= 4 is 0 Å². The molecule has 0 unspecified atom stereocenters. The summed E-state index contributed by atoms with van der Waals surface area (Å²) in [5.41, 5.74) is 5.89. The molecular formula is C12H24N4O. The lowest BCUT2D eigenvalue weighted by molar-refractivity contribution is 0.171. The van der Waals surface area contributed by atoms with Crippen LogP contribution in [0.5, 0.6) is 0 Å². The third-order valence-corrected chi connectivity index (χ3v) is 2.68. The van der Waals surface area contributed by atoms with Crippen molar-refractivity contribution in [1.82, 2.24) is 15.0 Å². The topological polar surface area (TPSA) is 68.2 Å². The lowest BCUT2D eigenvalue weighted by Crippen LogP contribution is -2.39. The molecule has 0 aliphatic carbocycles. The molecule has 17 heavy (non-hydrogen) atoms. The maximum Gasteiger partial charge on any atom is 0.223 e. The van der Waals surface area contributed by atoms with Crippen LogP contribution in [0.4, 0.5) is 0 Å². The van der Waals surface area contributed by atoms with Gasteiger partial charge in [0.15, 0.2) is 5.82 Å². The molecule has 5 heteroatoms. The Morgan fingerprint density at radius 3 is 2.59 bits per heavy atom. The number of hydrogen-bond donors (Lipinski definition) is 1. The summed E-state index contributed by atoms with van der Waals surface area (Å²) in [6, 6.07) is 0. The molecular weight excluding hydrogens is 216 g/mol. The van der Waals surface area contributed by atoms with Crippen LogP contribution >= 0.6 is 0 Å². The van der Waals surface area contributed by atoms with Gasteiger partial charge in [0.25, 0.3) is 0 Å². The molecule has 1 aromatic rings. The summed E-state index contributed by atoms with van der Waals surface area (Å²) in [4.78, 5) is 6.57. The Morgan fingerprint density at radius 2 is 2.12 bits per heavy atom. The van der Waals surface area contributed by atoms with Crippen molar-refractivity contribution in [2.45, 2.75) is 40.7 Å². The first-order valence-corrected chi connectivity index (χ1v) is 6.18. The Labute approximate surface area is 103 Å². The lowest BCUT2D eigenvalue weighted by Gasteiger charge is -2.30. The summed E-state index contributed by atoms with van der Waals surface area (Å²) in [7, 11) is 0. The molecule has 98 valence electrons. The van der Waals surface area contributed by atoms with Crippen molar-refractivity contribution in [3.8, 4) is 0 Å². The Hall–Kier alpha value is -0.940. The van der Waals surface area contributed by atoms with Gasteiger partial charge in [-0.05, 0) is 24.9 Å². The monoisotopic (exact) mass is 240 g/mol. The fourth-order valence-corrected chi connectivity index (χ4v) is 1.81. The normalized spacial score (nSPS) is 12.4. The fourth-order valence-electron chi connectivity index (χ4n) is 1.81. The van der Waals surface area contributed by atoms with Gasteiger partial charge in [0.05, 0.1) is 6.54 Å². The van der Waals surface area contributed by atoms with E-state index in [1.807, 2.05) is 6.92 Å². The number of aryl methyl sites for hydroxylation is 1. The lowest BCUT2D eigenvalue weighted by atomic mass is 9.93. The van der Waals surface area contributed by atoms with Gasteiger partial charge in [0.2, 0.25) is 5.89 Å². The first kappa shape index (κ1) is 14.1. The average Bonchev–Trinajstić information content (AvgIpc) is 2.64. The van der Waals surface area contributed by atoms with Gasteiger partial charge in [-0.25, -0.2) is 0 Å². The molecule has 0 spiro atoms. The van der Waals surface area contributed by atoms with E-state index in [9.17, 15) is 0 Å². The molecule has 0 saturated carbocycles. The van der Waals surface area contributed by atoms with Crippen LogP contribution in [0.25, 0.3) is 0 Å². The zero-order valence-electron chi connectivity index (χ0n) is 11.4. The highest BCUT2D eigenvalue weighted by molar-refractivity contribution is 4.85. The largest absolute Gasteiger partial charge is 0.340 e. The standard InChI is InChI=1S/C12H24N4O/c1-5-6-16(9-12(3,4)8-13)7-11-14-10(2)17-15-11/h5-9,13H2,1-4H3. The molecule has 1 heterocycles. The number of hydrogen-bond acceptors (Lipinski definition) is 5. The average molecular weight is 240 g/mol. The van der Waals surface area contributed by atoms with Gasteiger partial charge in [-0.3, -0.25) is 4.90 Å². The molecule has 1 rings (SSSR count). The first-order valence-electron chi connectivity index (χ1n) is 6.18. The molecule has 1 aromatic heterocycles. The molecule has 0 saturated heterocycles. The molecule has 0 radical (unpaired) electrons. The summed E-state index contributed by atoms with van der Waals surface area (Å²) in [5, 5.41) is 3.93. The SMILES string of the molecule is CCCN(Cc1noc(C)n1)CC(C)(C)CN. The van der Waals surface area contributed by atoms with Gasteiger partial charge in [-0.2, -0.15) is 4.98 Å². The van der Waals surface area contributed by atoms with Gasteiger partial charge in [0.1, 0.15) is 0 Å². The van der Waals surface area contributed by atoms with Gasteiger partial charge < -0.3 is 10.3 Å². The molecule has 0 aromatic carbocycles.